The lowest BCUT2D eigenvalue weighted by Gasteiger charge is -2.27. The van der Waals surface area contributed by atoms with Gasteiger partial charge < -0.3 is 4.57 Å². The molecule has 0 bridgehead atoms. The summed E-state index contributed by atoms with van der Waals surface area (Å²) in [5.41, 5.74) is 1.12. The van der Waals surface area contributed by atoms with Crippen molar-refractivity contribution in [2.24, 2.45) is 5.92 Å². The number of imidazole rings is 1. The summed E-state index contributed by atoms with van der Waals surface area (Å²) in [4.78, 5) is 7.32. The van der Waals surface area contributed by atoms with Crippen LogP contribution in [0.15, 0.2) is 24.7 Å². The number of hydrogen-bond donors (Lipinski definition) is 0. The van der Waals surface area contributed by atoms with Gasteiger partial charge in [0.15, 0.2) is 0 Å². The molecule has 0 spiro atoms. The third kappa shape index (κ3) is 2.42. The quantitative estimate of drug-likeness (QED) is 0.830. The molecule has 0 aromatic carbocycles. The summed E-state index contributed by atoms with van der Waals surface area (Å²) < 4.78 is 4.23. The topological polar surface area (TPSA) is 38.9 Å². The van der Waals surface area contributed by atoms with E-state index in [4.69, 9.17) is 4.98 Å². The molecule has 100 valence electrons. The summed E-state index contributed by atoms with van der Waals surface area (Å²) >= 11 is 0. The van der Waals surface area contributed by atoms with Crippen molar-refractivity contribution in [1.29, 1.82) is 0 Å². The van der Waals surface area contributed by atoms with Gasteiger partial charge in [0, 0.05) is 38.2 Å². The zero-order valence-corrected chi connectivity index (χ0v) is 11.1. The van der Waals surface area contributed by atoms with E-state index in [9.17, 15) is 0 Å². The van der Waals surface area contributed by atoms with Crippen molar-refractivity contribution in [2.45, 2.75) is 32.5 Å². The predicted molar refractivity (Wildman–Crippen MR) is 71.6 cm³/mol. The van der Waals surface area contributed by atoms with E-state index in [2.05, 4.69) is 20.8 Å². The first-order valence-electron chi connectivity index (χ1n) is 7.11. The van der Waals surface area contributed by atoms with Gasteiger partial charge in [0.25, 0.3) is 0 Å². The number of rotatable bonds is 4. The zero-order chi connectivity index (χ0) is 12.7. The lowest BCUT2D eigenvalue weighted by Crippen LogP contribution is -2.34. The Morgan fingerprint density at radius 3 is 3.00 bits per heavy atom. The van der Waals surface area contributed by atoms with Crippen LogP contribution < -0.4 is 0 Å². The summed E-state index contributed by atoms with van der Waals surface area (Å²) in [6, 6.07) is 1.95. The Kier molecular flexibility index (Phi) is 2.65. The van der Waals surface area contributed by atoms with Crippen LogP contribution >= 0.6 is 0 Å². The van der Waals surface area contributed by atoms with Gasteiger partial charge in [-0.1, -0.05) is 0 Å². The van der Waals surface area contributed by atoms with Crippen LogP contribution in [0.4, 0.5) is 0 Å². The Labute approximate surface area is 112 Å². The number of fused-ring (bicyclic) bond motifs is 1. The molecule has 2 aliphatic rings. The molecular weight excluding hydrogens is 238 g/mol. The number of nitrogens with zero attached hydrogens (tertiary/aromatic N) is 5. The maximum absolute atomic E-state index is 4.76. The van der Waals surface area contributed by atoms with Crippen LogP contribution in [0, 0.1) is 5.92 Å². The monoisotopic (exact) mass is 257 g/mol. The van der Waals surface area contributed by atoms with Crippen molar-refractivity contribution < 1.29 is 0 Å². The van der Waals surface area contributed by atoms with E-state index in [1.165, 1.54) is 31.8 Å². The summed E-state index contributed by atoms with van der Waals surface area (Å²) in [5, 5.41) is 4.24. The van der Waals surface area contributed by atoms with E-state index >= 15 is 0 Å². The second-order valence-corrected chi connectivity index (χ2v) is 5.72. The van der Waals surface area contributed by atoms with E-state index in [-0.39, 0.29) is 0 Å². The highest BCUT2D eigenvalue weighted by Crippen LogP contribution is 2.30. The van der Waals surface area contributed by atoms with Gasteiger partial charge >= 0.3 is 0 Å². The minimum Gasteiger partial charge on any atom is -0.332 e. The van der Waals surface area contributed by atoms with Gasteiger partial charge in [0.05, 0.1) is 18.8 Å². The largest absolute Gasteiger partial charge is 0.332 e. The van der Waals surface area contributed by atoms with Gasteiger partial charge in [0.2, 0.25) is 0 Å². The van der Waals surface area contributed by atoms with Crippen LogP contribution in [0.3, 0.4) is 0 Å². The first kappa shape index (κ1) is 11.2. The van der Waals surface area contributed by atoms with Crippen LogP contribution in [-0.4, -0.2) is 37.3 Å². The summed E-state index contributed by atoms with van der Waals surface area (Å²) in [5.74, 6) is 2.18. The molecule has 2 aromatic heterocycles. The van der Waals surface area contributed by atoms with E-state index in [1.807, 2.05) is 23.1 Å². The normalized spacial score (nSPS) is 19.6. The highest BCUT2D eigenvalue weighted by Gasteiger charge is 2.26. The lowest BCUT2D eigenvalue weighted by atomic mass is 10.3. The predicted octanol–water partition coefficient (Wildman–Crippen LogP) is 1.35. The highest BCUT2D eigenvalue weighted by molar-refractivity contribution is 5.07. The summed E-state index contributed by atoms with van der Waals surface area (Å²) in [7, 11) is 0. The molecule has 1 aliphatic carbocycles. The van der Waals surface area contributed by atoms with Crippen LogP contribution in [0.1, 0.15) is 24.4 Å². The molecule has 1 saturated carbocycles. The number of aromatic nitrogens is 4. The van der Waals surface area contributed by atoms with Crippen LogP contribution in [0.25, 0.3) is 0 Å². The third-order valence-corrected chi connectivity index (χ3v) is 4.03. The highest BCUT2D eigenvalue weighted by atomic mass is 15.3. The SMILES string of the molecule is c1cnn(Cc2cn3c(n2)CN(CC2CC2)CC3)c1. The zero-order valence-electron chi connectivity index (χ0n) is 11.1. The standard InChI is InChI=1S/C14H19N5/c1-4-15-19(5-1)10-13-9-18-7-6-17(8-12-2-3-12)11-14(18)16-13/h1,4-5,9,12H,2-3,6-8,10-11H2. The van der Waals surface area contributed by atoms with Crippen molar-refractivity contribution in [3.8, 4) is 0 Å². The smallest absolute Gasteiger partial charge is 0.123 e. The molecule has 0 saturated heterocycles. The van der Waals surface area contributed by atoms with Gasteiger partial charge in [-0.3, -0.25) is 9.58 Å². The second kappa shape index (κ2) is 4.49. The average molecular weight is 257 g/mol. The first-order chi connectivity index (χ1) is 9.37. The summed E-state index contributed by atoms with van der Waals surface area (Å²) in [6.45, 7) is 5.29. The molecule has 2 aromatic rings. The van der Waals surface area contributed by atoms with Crippen LogP contribution in [0.2, 0.25) is 0 Å². The second-order valence-electron chi connectivity index (χ2n) is 5.72. The van der Waals surface area contributed by atoms with Gasteiger partial charge in [-0.25, -0.2) is 4.98 Å². The molecule has 3 heterocycles. The van der Waals surface area contributed by atoms with Gasteiger partial charge in [-0.05, 0) is 24.8 Å². The molecule has 0 radical (unpaired) electrons. The Hall–Kier alpha value is -1.62. The van der Waals surface area contributed by atoms with E-state index in [0.717, 1.165) is 31.2 Å². The fourth-order valence-electron chi connectivity index (χ4n) is 2.82. The van der Waals surface area contributed by atoms with Crippen molar-refractivity contribution >= 4 is 0 Å². The molecule has 5 heteroatoms. The van der Waals surface area contributed by atoms with Crippen LogP contribution in [-0.2, 0) is 19.6 Å². The Bertz CT molecular complexity index is 552. The number of hydrogen-bond acceptors (Lipinski definition) is 3. The van der Waals surface area contributed by atoms with E-state index < -0.39 is 0 Å². The van der Waals surface area contributed by atoms with Gasteiger partial charge in [-0.2, -0.15) is 5.10 Å². The van der Waals surface area contributed by atoms with Crippen molar-refractivity contribution in [3.63, 3.8) is 0 Å². The third-order valence-electron chi connectivity index (χ3n) is 4.03. The Morgan fingerprint density at radius 1 is 1.26 bits per heavy atom. The lowest BCUT2D eigenvalue weighted by molar-refractivity contribution is 0.209. The molecule has 0 amide bonds. The maximum atomic E-state index is 4.76. The van der Waals surface area contributed by atoms with Crippen molar-refractivity contribution in [1.82, 2.24) is 24.2 Å². The van der Waals surface area contributed by atoms with E-state index in [0.29, 0.717) is 0 Å². The molecular formula is C14H19N5. The molecule has 0 N–H and O–H groups in total. The van der Waals surface area contributed by atoms with Crippen molar-refractivity contribution in [2.75, 3.05) is 13.1 Å². The molecule has 0 atom stereocenters. The molecule has 0 unspecified atom stereocenters. The molecule has 1 aliphatic heterocycles. The maximum Gasteiger partial charge on any atom is 0.123 e. The fourth-order valence-corrected chi connectivity index (χ4v) is 2.82. The molecule has 1 fully saturated rings. The molecule has 5 nitrogen and oxygen atoms in total. The molecule has 4 rings (SSSR count). The Balaban J connectivity index is 1.47. The van der Waals surface area contributed by atoms with Crippen LogP contribution in [0.5, 0.6) is 0 Å². The van der Waals surface area contributed by atoms with E-state index in [1.54, 1.807) is 0 Å². The summed E-state index contributed by atoms with van der Waals surface area (Å²) in [6.07, 6.45) is 8.83. The van der Waals surface area contributed by atoms with Gasteiger partial charge in [-0.15, -0.1) is 0 Å². The fraction of sp³-hybridized carbons (Fsp3) is 0.571. The first-order valence-corrected chi connectivity index (χ1v) is 7.11. The Morgan fingerprint density at radius 2 is 2.21 bits per heavy atom. The van der Waals surface area contributed by atoms with Crippen molar-refractivity contribution in [3.05, 3.63) is 36.2 Å². The minimum absolute atomic E-state index is 0.773. The minimum atomic E-state index is 0.773. The van der Waals surface area contributed by atoms with Gasteiger partial charge in [0.1, 0.15) is 5.82 Å². The average Bonchev–Trinajstić information content (AvgIpc) is 2.91. The molecule has 19 heavy (non-hydrogen) atoms.